The lowest BCUT2D eigenvalue weighted by Crippen LogP contribution is -2.54. The Hall–Kier alpha value is -0.830. The van der Waals surface area contributed by atoms with Crippen LogP contribution >= 0.6 is 15.9 Å². The summed E-state index contributed by atoms with van der Waals surface area (Å²) < 4.78 is 0. The smallest absolute Gasteiger partial charge is 0.251 e. The van der Waals surface area contributed by atoms with Gasteiger partial charge in [0.15, 0.2) is 0 Å². The Morgan fingerprint density at radius 2 is 2.00 bits per heavy atom. The Morgan fingerprint density at radius 1 is 1.33 bits per heavy atom. The Kier molecular flexibility index (Phi) is 3.10. The summed E-state index contributed by atoms with van der Waals surface area (Å²) in [6, 6.07) is 9.37. The standard InChI is InChI=1S/C12H14BrNO/c13-9-12(7-4-8-12)14-11(15)10-5-2-1-3-6-10/h1-3,5-6H,4,7-9H2,(H,14,15). The summed E-state index contributed by atoms with van der Waals surface area (Å²) in [5.41, 5.74) is 0.747. The van der Waals surface area contributed by atoms with Crippen molar-refractivity contribution in [2.75, 3.05) is 5.33 Å². The molecular formula is C12H14BrNO. The van der Waals surface area contributed by atoms with Crippen molar-refractivity contribution >= 4 is 21.8 Å². The minimum absolute atomic E-state index is 0.00687. The second-order valence-corrected chi connectivity index (χ2v) is 4.65. The lowest BCUT2D eigenvalue weighted by molar-refractivity contribution is 0.0856. The van der Waals surface area contributed by atoms with Crippen molar-refractivity contribution in [1.82, 2.24) is 5.32 Å². The molecule has 1 saturated carbocycles. The number of alkyl halides is 1. The fourth-order valence-electron chi connectivity index (χ4n) is 1.80. The molecule has 80 valence electrons. The number of carbonyl (C=O) groups excluding carboxylic acids is 1. The molecule has 0 aliphatic heterocycles. The molecule has 0 saturated heterocycles. The third-order valence-electron chi connectivity index (χ3n) is 2.98. The van der Waals surface area contributed by atoms with E-state index >= 15 is 0 Å². The Bertz CT molecular complexity index is 340. The molecule has 1 N–H and O–H groups in total. The number of halogens is 1. The van der Waals surface area contributed by atoms with E-state index in [2.05, 4.69) is 21.2 Å². The van der Waals surface area contributed by atoms with E-state index in [0.717, 1.165) is 23.7 Å². The normalized spacial score (nSPS) is 17.9. The second kappa shape index (κ2) is 4.35. The SMILES string of the molecule is O=C(NC1(CBr)CCC1)c1ccccc1. The van der Waals surface area contributed by atoms with Crippen LogP contribution in [0.25, 0.3) is 0 Å². The summed E-state index contributed by atoms with van der Waals surface area (Å²) >= 11 is 3.47. The van der Waals surface area contributed by atoms with Gasteiger partial charge < -0.3 is 5.32 Å². The van der Waals surface area contributed by atoms with E-state index in [4.69, 9.17) is 0 Å². The molecule has 0 aromatic heterocycles. The Morgan fingerprint density at radius 3 is 2.47 bits per heavy atom. The van der Waals surface area contributed by atoms with Gasteiger partial charge in [-0.15, -0.1) is 0 Å². The zero-order valence-corrected chi connectivity index (χ0v) is 10.1. The minimum Gasteiger partial charge on any atom is -0.346 e. The lowest BCUT2D eigenvalue weighted by atomic mass is 9.78. The van der Waals surface area contributed by atoms with Crippen molar-refractivity contribution in [3.05, 3.63) is 35.9 Å². The molecule has 15 heavy (non-hydrogen) atoms. The zero-order valence-electron chi connectivity index (χ0n) is 8.50. The van der Waals surface area contributed by atoms with Crippen LogP contribution in [0.1, 0.15) is 29.6 Å². The van der Waals surface area contributed by atoms with Gasteiger partial charge in [-0.1, -0.05) is 34.1 Å². The van der Waals surface area contributed by atoms with Crippen molar-refractivity contribution < 1.29 is 4.79 Å². The van der Waals surface area contributed by atoms with E-state index in [-0.39, 0.29) is 11.4 Å². The molecule has 3 heteroatoms. The van der Waals surface area contributed by atoms with Crippen LogP contribution in [0.2, 0.25) is 0 Å². The van der Waals surface area contributed by atoms with Crippen LogP contribution in [0.5, 0.6) is 0 Å². The third-order valence-corrected chi connectivity index (χ3v) is 4.05. The molecule has 0 atom stereocenters. The van der Waals surface area contributed by atoms with Gasteiger partial charge in [0, 0.05) is 10.9 Å². The van der Waals surface area contributed by atoms with Crippen molar-refractivity contribution in [2.45, 2.75) is 24.8 Å². The van der Waals surface area contributed by atoms with E-state index in [1.807, 2.05) is 30.3 Å². The molecule has 1 aliphatic rings. The van der Waals surface area contributed by atoms with Gasteiger partial charge in [-0.2, -0.15) is 0 Å². The first-order valence-electron chi connectivity index (χ1n) is 5.19. The average Bonchev–Trinajstić information content (AvgIpc) is 2.24. The quantitative estimate of drug-likeness (QED) is 0.839. The molecule has 2 rings (SSSR count). The predicted octanol–water partition coefficient (Wildman–Crippen LogP) is 2.73. The van der Waals surface area contributed by atoms with E-state index in [1.165, 1.54) is 6.42 Å². The van der Waals surface area contributed by atoms with Crippen LogP contribution in [-0.4, -0.2) is 16.8 Å². The van der Waals surface area contributed by atoms with Crippen LogP contribution in [0.3, 0.4) is 0 Å². The van der Waals surface area contributed by atoms with E-state index < -0.39 is 0 Å². The van der Waals surface area contributed by atoms with Crippen molar-refractivity contribution in [3.63, 3.8) is 0 Å². The van der Waals surface area contributed by atoms with Gasteiger partial charge in [0.1, 0.15) is 0 Å². The highest BCUT2D eigenvalue weighted by Crippen LogP contribution is 2.33. The maximum Gasteiger partial charge on any atom is 0.251 e. The number of nitrogens with one attached hydrogen (secondary N) is 1. The highest BCUT2D eigenvalue weighted by atomic mass is 79.9. The predicted molar refractivity (Wildman–Crippen MR) is 64.3 cm³/mol. The molecule has 0 spiro atoms. The first kappa shape index (κ1) is 10.7. The summed E-state index contributed by atoms with van der Waals surface area (Å²) in [6.45, 7) is 0. The maximum atomic E-state index is 11.9. The Balaban J connectivity index is 2.04. The number of carbonyl (C=O) groups is 1. The highest BCUT2D eigenvalue weighted by molar-refractivity contribution is 9.09. The number of benzene rings is 1. The van der Waals surface area contributed by atoms with Crippen LogP contribution in [-0.2, 0) is 0 Å². The van der Waals surface area contributed by atoms with Crippen LogP contribution in [0.4, 0.5) is 0 Å². The molecule has 1 aromatic rings. The summed E-state index contributed by atoms with van der Waals surface area (Å²) in [7, 11) is 0. The molecule has 1 aliphatic carbocycles. The van der Waals surface area contributed by atoms with Crippen LogP contribution in [0, 0.1) is 0 Å². The first-order chi connectivity index (χ1) is 7.26. The van der Waals surface area contributed by atoms with Gasteiger partial charge in [0.2, 0.25) is 0 Å². The molecule has 1 amide bonds. The van der Waals surface area contributed by atoms with Crippen LogP contribution in [0.15, 0.2) is 30.3 Å². The molecule has 1 fully saturated rings. The maximum absolute atomic E-state index is 11.9. The summed E-state index contributed by atoms with van der Waals surface area (Å²) in [6.07, 6.45) is 3.37. The van der Waals surface area contributed by atoms with Gasteiger partial charge in [-0.05, 0) is 31.4 Å². The van der Waals surface area contributed by atoms with Gasteiger partial charge in [-0.25, -0.2) is 0 Å². The van der Waals surface area contributed by atoms with Gasteiger partial charge in [0.05, 0.1) is 5.54 Å². The Labute approximate surface area is 98.2 Å². The van der Waals surface area contributed by atoms with Crippen molar-refractivity contribution in [1.29, 1.82) is 0 Å². The van der Waals surface area contributed by atoms with Gasteiger partial charge in [0.25, 0.3) is 5.91 Å². The largest absolute Gasteiger partial charge is 0.346 e. The topological polar surface area (TPSA) is 29.1 Å². The summed E-state index contributed by atoms with van der Waals surface area (Å²) in [5, 5.41) is 3.96. The van der Waals surface area contributed by atoms with Crippen LogP contribution < -0.4 is 5.32 Å². The van der Waals surface area contributed by atoms with E-state index in [9.17, 15) is 4.79 Å². The molecular weight excluding hydrogens is 254 g/mol. The molecule has 0 radical (unpaired) electrons. The first-order valence-corrected chi connectivity index (χ1v) is 6.31. The van der Waals surface area contributed by atoms with Crippen molar-refractivity contribution in [3.8, 4) is 0 Å². The molecule has 0 heterocycles. The molecule has 0 bridgehead atoms. The van der Waals surface area contributed by atoms with E-state index in [0.29, 0.717) is 0 Å². The zero-order chi connectivity index (χ0) is 10.7. The monoisotopic (exact) mass is 267 g/mol. The highest BCUT2D eigenvalue weighted by Gasteiger charge is 2.37. The third kappa shape index (κ3) is 2.23. The molecule has 2 nitrogen and oxygen atoms in total. The van der Waals surface area contributed by atoms with Gasteiger partial charge in [-0.3, -0.25) is 4.79 Å². The van der Waals surface area contributed by atoms with Gasteiger partial charge >= 0.3 is 0 Å². The average molecular weight is 268 g/mol. The summed E-state index contributed by atoms with van der Waals surface area (Å²) in [5.74, 6) is 0.0368. The fraction of sp³-hybridized carbons (Fsp3) is 0.417. The minimum atomic E-state index is 0.00687. The lowest BCUT2D eigenvalue weighted by Gasteiger charge is -2.41. The summed E-state index contributed by atoms with van der Waals surface area (Å²) in [4.78, 5) is 11.9. The number of hydrogen-bond acceptors (Lipinski definition) is 1. The number of amides is 1. The van der Waals surface area contributed by atoms with Crippen molar-refractivity contribution in [2.24, 2.45) is 0 Å². The second-order valence-electron chi connectivity index (χ2n) is 4.09. The molecule has 1 aromatic carbocycles. The van der Waals surface area contributed by atoms with E-state index in [1.54, 1.807) is 0 Å². The number of hydrogen-bond donors (Lipinski definition) is 1. The number of rotatable bonds is 3. The molecule has 0 unspecified atom stereocenters. The fourth-order valence-corrected chi connectivity index (χ4v) is 2.50.